The van der Waals surface area contributed by atoms with Crippen LogP contribution >= 0.6 is 11.8 Å². The molecule has 0 N–H and O–H groups in total. The van der Waals surface area contributed by atoms with Crippen LogP contribution in [0.25, 0.3) is 0 Å². The number of aryl methyl sites for hydroxylation is 1. The van der Waals surface area contributed by atoms with Crippen LogP contribution in [-0.4, -0.2) is 27.8 Å². The number of hydrogen-bond donors (Lipinski definition) is 0. The summed E-state index contributed by atoms with van der Waals surface area (Å²) < 4.78 is 84.8. The first-order valence-electron chi connectivity index (χ1n) is 7.56. The number of pyridine rings is 2. The lowest BCUT2D eigenvalue weighted by atomic mass is 10.3. The molecule has 0 aliphatic carbocycles. The van der Waals surface area contributed by atoms with E-state index in [0.717, 1.165) is 12.3 Å². The van der Waals surface area contributed by atoms with Gasteiger partial charge in [-0.3, -0.25) is 4.98 Å². The maximum atomic E-state index is 12.7. The quantitative estimate of drug-likeness (QED) is 0.436. The molecule has 0 aliphatic heterocycles. The van der Waals surface area contributed by atoms with Crippen LogP contribution in [0.15, 0.2) is 30.5 Å². The van der Waals surface area contributed by atoms with Gasteiger partial charge >= 0.3 is 11.7 Å². The van der Waals surface area contributed by atoms with Crippen molar-refractivity contribution in [1.29, 1.82) is 0 Å². The lowest BCUT2D eigenvalue weighted by Gasteiger charge is -2.11. The molecule has 0 spiro atoms. The third-order valence-corrected chi connectivity index (χ3v) is 3.79. The SMILES string of the molecule is Cc1cc(OCCCSC(F)(F)F)nc(Oc2ccnc(C(F)(F)F)c2)c1. The van der Waals surface area contributed by atoms with Crippen molar-refractivity contribution in [1.82, 2.24) is 9.97 Å². The topological polar surface area (TPSA) is 44.2 Å². The molecule has 2 heterocycles. The zero-order valence-electron chi connectivity index (χ0n) is 13.9. The summed E-state index contributed by atoms with van der Waals surface area (Å²) in [6.07, 6.45) is -3.50. The van der Waals surface area contributed by atoms with Crippen LogP contribution < -0.4 is 9.47 Å². The highest BCUT2D eigenvalue weighted by atomic mass is 32.2. The Morgan fingerprint density at radius 2 is 1.74 bits per heavy atom. The fourth-order valence-corrected chi connectivity index (χ4v) is 2.40. The monoisotopic (exact) mass is 412 g/mol. The fraction of sp³-hybridized carbons (Fsp3) is 0.375. The Labute approximate surface area is 154 Å². The van der Waals surface area contributed by atoms with E-state index in [0.29, 0.717) is 5.56 Å². The van der Waals surface area contributed by atoms with Crippen molar-refractivity contribution >= 4 is 11.8 Å². The summed E-state index contributed by atoms with van der Waals surface area (Å²) in [6.45, 7) is 1.70. The van der Waals surface area contributed by atoms with Crippen LogP contribution in [0.2, 0.25) is 0 Å². The largest absolute Gasteiger partial charge is 0.478 e. The normalized spacial score (nSPS) is 12.1. The van der Waals surface area contributed by atoms with Gasteiger partial charge in [0.05, 0.1) is 6.61 Å². The molecule has 148 valence electrons. The number of rotatable bonds is 7. The molecule has 0 atom stereocenters. The first-order valence-corrected chi connectivity index (χ1v) is 8.55. The molecule has 4 nitrogen and oxygen atoms in total. The van der Waals surface area contributed by atoms with Gasteiger partial charge in [0.25, 0.3) is 0 Å². The van der Waals surface area contributed by atoms with E-state index in [-0.39, 0.29) is 48.1 Å². The van der Waals surface area contributed by atoms with Crippen molar-refractivity contribution in [2.24, 2.45) is 0 Å². The predicted octanol–water partition coefficient (Wildman–Crippen LogP) is 5.62. The summed E-state index contributed by atoms with van der Waals surface area (Å²) in [4.78, 5) is 7.22. The van der Waals surface area contributed by atoms with Gasteiger partial charge in [-0.1, -0.05) is 11.8 Å². The fourth-order valence-electron chi connectivity index (χ4n) is 1.90. The molecule has 11 heteroatoms. The highest BCUT2D eigenvalue weighted by Crippen LogP contribution is 2.32. The second kappa shape index (κ2) is 8.68. The highest BCUT2D eigenvalue weighted by molar-refractivity contribution is 8.00. The van der Waals surface area contributed by atoms with Crippen LogP contribution in [0.3, 0.4) is 0 Å². The molecule has 0 radical (unpaired) electrons. The summed E-state index contributed by atoms with van der Waals surface area (Å²) in [7, 11) is 0. The molecule has 2 aromatic heterocycles. The molecule has 2 aromatic rings. The number of hydrogen-bond acceptors (Lipinski definition) is 5. The molecule has 27 heavy (non-hydrogen) atoms. The summed E-state index contributed by atoms with van der Waals surface area (Å²) in [6, 6.07) is 5.00. The van der Waals surface area contributed by atoms with E-state index in [9.17, 15) is 26.3 Å². The van der Waals surface area contributed by atoms with E-state index >= 15 is 0 Å². The van der Waals surface area contributed by atoms with E-state index < -0.39 is 17.4 Å². The van der Waals surface area contributed by atoms with Crippen molar-refractivity contribution in [3.8, 4) is 17.5 Å². The van der Waals surface area contributed by atoms with Crippen LogP contribution in [-0.2, 0) is 6.18 Å². The van der Waals surface area contributed by atoms with E-state index in [1.807, 2.05) is 0 Å². The summed E-state index contributed by atoms with van der Waals surface area (Å²) in [5.74, 6) is -0.167. The minimum absolute atomic E-state index is 0.00556. The molecule has 0 aromatic carbocycles. The number of nitrogens with zero attached hydrogens (tertiary/aromatic N) is 2. The minimum atomic E-state index is -4.61. The number of aromatic nitrogens is 2. The first-order chi connectivity index (χ1) is 12.5. The van der Waals surface area contributed by atoms with Gasteiger partial charge in [-0.25, -0.2) is 0 Å². The molecule has 2 rings (SSSR count). The van der Waals surface area contributed by atoms with Crippen LogP contribution in [0.4, 0.5) is 26.3 Å². The lowest BCUT2D eigenvalue weighted by Crippen LogP contribution is -2.07. The van der Waals surface area contributed by atoms with Gasteiger partial charge in [0.15, 0.2) is 0 Å². The summed E-state index contributed by atoms with van der Waals surface area (Å²) in [5, 5.41) is 0. The Hall–Kier alpha value is -2.17. The molecule has 0 saturated heterocycles. The minimum Gasteiger partial charge on any atom is -0.478 e. The second-order valence-corrected chi connectivity index (χ2v) is 6.45. The lowest BCUT2D eigenvalue weighted by molar-refractivity contribution is -0.141. The molecular formula is C16H14F6N2O2S. The number of halogens is 6. The zero-order valence-corrected chi connectivity index (χ0v) is 14.7. The maximum Gasteiger partial charge on any atom is 0.441 e. The van der Waals surface area contributed by atoms with Crippen molar-refractivity contribution in [3.63, 3.8) is 0 Å². The van der Waals surface area contributed by atoms with E-state index in [1.54, 1.807) is 6.92 Å². The average Bonchev–Trinajstić information content (AvgIpc) is 2.52. The van der Waals surface area contributed by atoms with Crippen molar-refractivity contribution in [2.45, 2.75) is 25.0 Å². The van der Waals surface area contributed by atoms with Gasteiger partial charge in [-0.05, 0) is 25.0 Å². The van der Waals surface area contributed by atoms with Gasteiger partial charge in [0.2, 0.25) is 11.8 Å². The standard InChI is InChI=1S/C16H14F6N2O2S/c1-10-7-13(25-5-2-6-27-16(20,21)22)24-14(8-10)26-11-3-4-23-12(9-11)15(17,18)19/h3-4,7-9H,2,5-6H2,1H3. The van der Waals surface area contributed by atoms with Gasteiger partial charge in [-0.15, -0.1) is 0 Å². The number of thioether (sulfide) groups is 1. The zero-order chi connectivity index (χ0) is 20.1. The van der Waals surface area contributed by atoms with Gasteiger partial charge in [0, 0.05) is 30.1 Å². The Balaban J connectivity index is 1.99. The molecule has 0 aliphatic rings. The van der Waals surface area contributed by atoms with Crippen molar-refractivity contribution in [3.05, 3.63) is 41.7 Å². The Kier molecular flexibility index (Phi) is 6.79. The molecule has 0 amide bonds. The molecular weight excluding hydrogens is 398 g/mol. The third kappa shape index (κ3) is 7.53. The van der Waals surface area contributed by atoms with Gasteiger partial charge in [-0.2, -0.15) is 31.3 Å². The van der Waals surface area contributed by atoms with E-state index in [4.69, 9.17) is 9.47 Å². The molecule has 0 saturated carbocycles. The van der Waals surface area contributed by atoms with Gasteiger partial charge in [0.1, 0.15) is 11.4 Å². The average molecular weight is 412 g/mol. The highest BCUT2D eigenvalue weighted by Gasteiger charge is 2.32. The van der Waals surface area contributed by atoms with E-state index in [1.165, 1.54) is 18.2 Å². The summed E-state index contributed by atoms with van der Waals surface area (Å²) >= 11 is -0.143. The molecule has 0 fully saturated rings. The van der Waals surface area contributed by atoms with Crippen LogP contribution in [0.5, 0.6) is 17.5 Å². The van der Waals surface area contributed by atoms with Crippen molar-refractivity contribution in [2.75, 3.05) is 12.4 Å². The number of ether oxygens (including phenoxy) is 2. The third-order valence-electron chi connectivity index (χ3n) is 2.97. The van der Waals surface area contributed by atoms with Gasteiger partial charge < -0.3 is 9.47 Å². The van der Waals surface area contributed by atoms with E-state index in [2.05, 4.69) is 9.97 Å². The van der Waals surface area contributed by atoms with Crippen molar-refractivity contribution < 1.29 is 35.8 Å². The molecule has 0 bridgehead atoms. The van der Waals surface area contributed by atoms with Crippen LogP contribution in [0, 0.1) is 6.92 Å². The first kappa shape index (κ1) is 21.1. The Bertz CT molecular complexity index is 767. The van der Waals surface area contributed by atoms with Crippen LogP contribution in [0.1, 0.15) is 17.7 Å². The smallest absolute Gasteiger partial charge is 0.441 e. The Morgan fingerprint density at radius 1 is 1.04 bits per heavy atom. The Morgan fingerprint density at radius 3 is 2.41 bits per heavy atom. The summed E-state index contributed by atoms with van der Waals surface area (Å²) in [5.41, 5.74) is -4.74. The maximum absolute atomic E-state index is 12.7. The second-order valence-electron chi connectivity index (χ2n) is 5.29. The molecule has 0 unspecified atom stereocenters. The number of alkyl halides is 6. The predicted molar refractivity (Wildman–Crippen MR) is 86.9 cm³/mol.